The van der Waals surface area contributed by atoms with Gasteiger partial charge in [-0.15, -0.1) is 0 Å². The van der Waals surface area contributed by atoms with Crippen molar-refractivity contribution in [2.75, 3.05) is 0 Å². The number of carboxylic acids is 1. The average molecular weight is 311 g/mol. The highest BCUT2D eigenvalue weighted by Crippen LogP contribution is 2.10. The Morgan fingerprint density at radius 1 is 1.18 bits per heavy atom. The molecule has 8 heteroatoms. The fraction of sp³-hybridized carbons (Fsp3) is 0.357. The lowest BCUT2D eigenvalue weighted by Crippen LogP contribution is -2.38. The minimum atomic E-state index is -1.71. The van der Waals surface area contributed by atoms with Crippen LogP contribution in [0.3, 0.4) is 0 Å². The zero-order valence-corrected chi connectivity index (χ0v) is 12.0. The van der Waals surface area contributed by atoms with Crippen LogP contribution in [0.1, 0.15) is 36.5 Å². The molecule has 22 heavy (non-hydrogen) atoms. The van der Waals surface area contributed by atoms with Crippen LogP contribution in [-0.2, 0) is 14.7 Å². The third-order valence-electron chi connectivity index (χ3n) is 2.71. The number of unbranched alkanes of at least 4 members (excludes halogenated alkanes) is 1. The van der Waals surface area contributed by atoms with Gasteiger partial charge in [-0.1, -0.05) is 48.0 Å². The van der Waals surface area contributed by atoms with E-state index in [2.05, 4.69) is 9.88 Å². The first-order chi connectivity index (χ1) is 10.5. The summed E-state index contributed by atoms with van der Waals surface area (Å²) in [6, 6.07) is 7.55. The second-order valence-corrected chi connectivity index (χ2v) is 4.39. The van der Waals surface area contributed by atoms with E-state index in [9.17, 15) is 14.4 Å². The van der Waals surface area contributed by atoms with Crippen molar-refractivity contribution in [1.82, 2.24) is 5.06 Å². The van der Waals surface area contributed by atoms with Crippen LogP contribution in [-0.4, -0.2) is 39.3 Å². The molecular weight excluding hydrogens is 294 g/mol. The van der Waals surface area contributed by atoms with Gasteiger partial charge >= 0.3 is 12.1 Å². The van der Waals surface area contributed by atoms with E-state index in [-0.39, 0.29) is 17.0 Å². The number of amides is 2. The van der Waals surface area contributed by atoms with E-state index in [0.29, 0.717) is 6.42 Å². The number of hydroxylamine groups is 2. The molecule has 1 unspecified atom stereocenters. The molecule has 2 amide bonds. The molecule has 0 heterocycles. The highest BCUT2D eigenvalue weighted by Gasteiger charge is 2.28. The summed E-state index contributed by atoms with van der Waals surface area (Å²) in [6.45, 7) is 1.86. The second-order valence-electron chi connectivity index (χ2n) is 4.39. The first kappa shape index (κ1) is 17.6. The average Bonchev–Trinajstić information content (AvgIpc) is 2.50. The number of carbonyl (C=O) groups excluding carboxylic acids is 1. The molecule has 0 saturated heterocycles. The lowest BCUT2D eigenvalue weighted by molar-refractivity contribution is -0.406. The number of benzene rings is 1. The minimum absolute atomic E-state index is 0.0444. The third kappa shape index (κ3) is 5.15. The Morgan fingerprint density at radius 2 is 1.82 bits per heavy atom. The summed E-state index contributed by atoms with van der Waals surface area (Å²) in [5.41, 5.74) is 0.0638. The van der Waals surface area contributed by atoms with E-state index in [1.54, 1.807) is 18.2 Å². The molecule has 0 aliphatic carbocycles. The molecule has 0 aliphatic heterocycles. The van der Waals surface area contributed by atoms with Gasteiger partial charge in [0.05, 0.1) is 0 Å². The van der Waals surface area contributed by atoms with Gasteiger partial charge in [-0.3, -0.25) is 4.79 Å². The van der Waals surface area contributed by atoms with Gasteiger partial charge < -0.3 is 10.2 Å². The topological polar surface area (TPSA) is 113 Å². The molecule has 0 aliphatic rings. The van der Waals surface area contributed by atoms with Gasteiger partial charge in [0.15, 0.2) is 6.10 Å². The second kappa shape index (κ2) is 8.75. The molecular formula is C14H17NO7. The minimum Gasteiger partial charge on any atom is -0.479 e. The fourth-order valence-corrected chi connectivity index (χ4v) is 1.55. The number of rotatable bonds is 8. The van der Waals surface area contributed by atoms with Crippen LogP contribution in [0.5, 0.6) is 0 Å². The zero-order valence-electron chi connectivity index (χ0n) is 12.0. The molecule has 1 aromatic carbocycles. The molecule has 8 nitrogen and oxygen atoms in total. The number of nitrogens with zero attached hydrogens (tertiary/aromatic N) is 1. The summed E-state index contributed by atoms with van der Waals surface area (Å²) < 4.78 is 0. The number of aliphatic carboxylic acids is 1. The maximum Gasteiger partial charge on any atom is 0.441 e. The summed E-state index contributed by atoms with van der Waals surface area (Å²) >= 11 is 0. The van der Waals surface area contributed by atoms with Crippen LogP contribution in [0, 0.1) is 0 Å². The van der Waals surface area contributed by atoms with Crippen molar-refractivity contribution in [3.63, 3.8) is 0 Å². The molecule has 0 spiro atoms. The van der Waals surface area contributed by atoms with Gasteiger partial charge in [-0.2, -0.15) is 4.89 Å². The predicted octanol–water partition coefficient (Wildman–Crippen LogP) is 2.31. The van der Waals surface area contributed by atoms with E-state index < -0.39 is 24.1 Å². The summed E-state index contributed by atoms with van der Waals surface area (Å²) in [7, 11) is 0. The Kier molecular flexibility index (Phi) is 7.00. The Labute approximate surface area is 126 Å². The van der Waals surface area contributed by atoms with Crippen molar-refractivity contribution in [2.45, 2.75) is 32.3 Å². The van der Waals surface area contributed by atoms with Crippen LogP contribution < -0.4 is 0 Å². The molecule has 1 atom stereocenters. The molecule has 1 aromatic rings. The van der Waals surface area contributed by atoms with E-state index in [1.165, 1.54) is 12.1 Å². The van der Waals surface area contributed by atoms with Crippen molar-refractivity contribution in [2.24, 2.45) is 0 Å². The summed E-state index contributed by atoms with van der Waals surface area (Å²) in [6.07, 6.45) is -1.64. The number of imide groups is 1. The lowest BCUT2D eigenvalue weighted by Gasteiger charge is -2.18. The third-order valence-corrected chi connectivity index (χ3v) is 2.71. The van der Waals surface area contributed by atoms with Gasteiger partial charge in [-0.25, -0.2) is 9.59 Å². The van der Waals surface area contributed by atoms with Crippen molar-refractivity contribution in [1.29, 1.82) is 0 Å². The molecule has 120 valence electrons. The predicted molar refractivity (Wildman–Crippen MR) is 73.8 cm³/mol. The molecule has 0 radical (unpaired) electrons. The number of hydrogen-bond donors (Lipinski definition) is 2. The molecule has 2 N–H and O–H groups in total. The fourth-order valence-electron chi connectivity index (χ4n) is 1.55. The van der Waals surface area contributed by atoms with Crippen molar-refractivity contribution < 1.29 is 34.5 Å². The van der Waals surface area contributed by atoms with E-state index in [0.717, 1.165) is 6.42 Å². The van der Waals surface area contributed by atoms with Crippen molar-refractivity contribution in [3.8, 4) is 0 Å². The number of carboxylic acid groups (broad SMARTS) is 2. The molecule has 1 rings (SSSR count). The summed E-state index contributed by atoms with van der Waals surface area (Å²) in [5.74, 6) is -2.28. The molecule has 0 saturated carbocycles. The SMILES string of the molecule is CCCCC(OON(C(=O)O)C(=O)c1ccccc1)C(=O)O. The van der Waals surface area contributed by atoms with E-state index >= 15 is 0 Å². The Hall–Kier alpha value is -2.45. The summed E-state index contributed by atoms with van der Waals surface area (Å²) in [4.78, 5) is 43.1. The lowest BCUT2D eigenvalue weighted by atomic mass is 10.2. The first-order valence-electron chi connectivity index (χ1n) is 6.66. The van der Waals surface area contributed by atoms with Gasteiger partial charge in [-0.05, 0) is 18.6 Å². The zero-order chi connectivity index (χ0) is 16.5. The highest BCUT2D eigenvalue weighted by atomic mass is 17.3. The van der Waals surface area contributed by atoms with Crippen molar-refractivity contribution >= 4 is 18.0 Å². The van der Waals surface area contributed by atoms with E-state index in [4.69, 9.17) is 10.2 Å². The maximum atomic E-state index is 12.0. The van der Waals surface area contributed by atoms with Crippen LogP contribution in [0.2, 0.25) is 0 Å². The Bertz CT molecular complexity index is 517. The van der Waals surface area contributed by atoms with Crippen LogP contribution >= 0.6 is 0 Å². The van der Waals surface area contributed by atoms with Crippen LogP contribution in [0.15, 0.2) is 30.3 Å². The maximum absolute atomic E-state index is 12.0. The Morgan fingerprint density at radius 3 is 2.32 bits per heavy atom. The van der Waals surface area contributed by atoms with Crippen LogP contribution in [0.25, 0.3) is 0 Å². The standard InChI is InChI=1S/C14H17NO7/c1-2-3-9-11(13(17)18)21-22-15(14(19)20)12(16)10-7-5-4-6-8-10/h4-8,11H,2-3,9H2,1H3,(H,17,18)(H,19,20). The smallest absolute Gasteiger partial charge is 0.441 e. The molecule has 0 bridgehead atoms. The van der Waals surface area contributed by atoms with Gasteiger partial charge in [0.2, 0.25) is 0 Å². The Balaban J connectivity index is 2.74. The highest BCUT2D eigenvalue weighted by molar-refractivity contribution is 6.01. The molecule has 0 aromatic heterocycles. The van der Waals surface area contributed by atoms with Gasteiger partial charge in [0, 0.05) is 5.56 Å². The summed E-state index contributed by atoms with van der Waals surface area (Å²) in [5, 5.41) is 17.9. The molecule has 0 fully saturated rings. The quantitative estimate of drug-likeness (QED) is 0.559. The monoisotopic (exact) mass is 311 g/mol. The number of hydrogen-bond acceptors (Lipinski definition) is 5. The van der Waals surface area contributed by atoms with Crippen molar-refractivity contribution in [3.05, 3.63) is 35.9 Å². The first-order valence-corrected chi connectivity index (χ1v) is 6.66. The van der Waals surface area contributed by atoms with Crippen LogP contribution in [0.4, 0.5) is 4.79 Å². The van der Waals surface area contributed by atoms with Gasteiger partial charge in [0.1, 0.15) is 0 Å². The van der Waals surface area contributed by atoms with Gasteiger partial charge in [0.25, 0.3) is 5.91 Å². The van der Waals surface area contributed by atoms with E-state index in [1.807, 2.05) is 6.92 Å². The largest absolute Gasteiger partial charge is 0.479 e. The normalized spacial score (nSPS) is 11.7. The number of carbonyl (C=O) groups is 3.